The monoisotopic (exact) mass is 322 g/mol. The number of hydrogen-bond acceptors (Lipinski definition) is 3. The molecule has 2 aromatic rings. The summed E-state index contributed by atoms with van der Waals surface area (Å²) in [5, 5.41) is 8.03. The van der Waals surface area contributed by atoms with Crippen LogP contribution in [0, 0.1) is 0 Å². The van der Waals surface area contributed by atoms with Gasteiger partial charge >= 0.3 is 0 Å². The Balaban J connectivity index is 2.01. The van der Waals surface area contributed by atoms with Crippen LogP contribution in [0.5, 0.6) is 0 Å². The van der Waals surface area contributed by atoms with E-state index in [2.05, 4.69) is 55.9 Å². The van der Waals surface area contributed by atoms with E-state index in [-0.39, 0.29) is 0 Å². The molecule has 0 aliphatic heterocycles. The summed E-state index contributed by atoms with van der Waals surface area (Å²) in [5.74, 6) is 0. The minimum Gasteiger partial charge on any atom is -0.307 e. The molecule has 0 saturated heterocycles. The number of aryl methyl sites for hydroxylation is 2. The van der Waals surface area contributed by atoms with E-state index >= 15 is 0 Å². The average molecular weight is 323 g/mol. The van der Waals surface area contributed by atoms with E-state index in [4.69, 9.17) is 0 Å². The van der Waals surface area contributed by atoms with Crippen LogP contribution in [-0.4, -0.2) is 14.8 Å². The molecule has 0 atom stereocenters. The lowest BCUT2D eigenvalue weighted by Gasteiger charge is -2.07. The van der Waals surface area contributed by atoms with E-state index < -0.39 is 0 Å². The minimum atomic E-state index is 0.802. The highest BCUT2D eigenvalue weighted by molar-refractivity contribution is 9.10. The first kappa shape index (κ1) is 14.2. The maximum atomic E-state index is 4.59. The Morgan fingerprint density at radius 2 is 2.16 bits per heavy atom. The molecular weight excluding hydrogens is 304 g/mol. The highest BCUT2D eigenvalue weighted by Crippen LogP contribution is 2.22. The first-order valence-electron chi connectivity index (χ1n) is 6.59. The van der Waals surface area contributed by atoms with Gasteiger partial charge in [-0.1, -0.05) is 13.0 Å². The van der Waals surface area contributed by atoms with Crippen molar-refractivity contribution >= 4 is 15.9 Å². The van der Waals surface area contributed by atoms with Gasteiger partial charge in [-0.2, -0.15) is 5.10 Å². The second-order valence-electron chi connectivity index (χ2n) is 4.34. The van der Waals surface area contributed by atoms with E-state index in [0.717, 1.165) is 36.2 Å². The van der Waals surface area contributed by atoms with Crippen LogP contribution >= 0.6 is 15.9 Å². The zero-order valence-electron chi connectivity index (χ0n) is 11.4. The van der Waals surface area contributed by atoms with E-state index in [0.29, 0.717) is 0 Å². The van der Waals surface area contributed by atoms with Gasteiger partial charge in [0.15, 0.2) is 0 Å². The summed E-state index contributed by atoms with van der Waals surface area (Å²) in [4.78, 5) is 4.11. The molecule has 5 heteroatoms. The predicted molar refractivity (Wildman–Crippen MR) is 79.8 cm³/mol. The van der Waals surface area contributed by atoms with Crippen LogP contribution in [0.1, 0.15) is 30.8 Å². The van der Waals surface area contributed by atoms with Gasteiger partial charge in [0.2, 0.25) is 0 Å². The standard InChI is InChI=1S/C14H19BrN4/c1-3-12-14(15)13(19(4-2)18-12)10-17-9-11-6-5-7-16-8-11/h5-8,17H,3-4,9-10H2,1-2H3. The Bertz CT molecular complexity index is 522. The van der Waals surface area contributed by atoms with Crippen LogP contribution in [0.2, 0.25) is 0 Å². The van der Waals surface area contributed by atoms with Crippen molar-refractivity contribution in [1.82, 2.24) is 20.1 Å². The summed E-state index contributed by atoms with van der Waals surface area (Å²) in [6.45, 7) is 6.75. The van der Waals surface area contributed by atoms with E-state index in [1.807, 2.05) is 12.3 Å². The average Bonchev–Trinajstić information content (AvgIpc) is 2.76. The minimum absolute atomic E-state index is 0.802. The molecule has 0 amide bonds. The fourth-order valence-electron chi connectivity index (χ4n) is 2.01. The first-order chi connectivity index (χ1) is 9.26. The van der Waals surface area contributed by atoms with E-state index in [1.54, 1.807) is 6.20 Å². The SMILES string of the molecule is CCc1nn(CC)c(CNCc2cccnc2)c1Br. The Kier molecular flexibility index (Phi) is 5.10. The van der Waals surface area contributed by atoms with E-state index in [1.165, 1.54) is 11.3 Å². The zero-order valence-corrected chi connectivity index (χ0v) is 12.9. The van der Waals surface area contributed by atoms with Crippen molar-refractivity contribution in [1.29, 1.82) is 0 Å². The molecule has 19 heavy (non-hydrogen) atoms. The highest BCUT2D eigenvalue weighted by atomic mass is 79.9. The number of halogens is 1. The highest BCUT2D eigenvalue weighted by Gasteiger charge is 2.12. The molecule has 1 N–H and O–H groups in total. The second-order valence-corrected chi connectivity index (χ2v) is 5.13. The van der Waals surface area contributed by atoms with Gasteiger partial charge in [-0.25, -0.2) is 0 Å². The summed E-state index contributed by atoms with van der Waals surface area (Å²) in [6.07, 6.45) is 4.62. The molecule has 0 aromatic carbocycles. The molecule has 0 fully saturated rings. The topological polar surface area (TPSA) is 42.7 Å². The lowest BCUT2D eigenvalue weighted by molar-refractivity contribution is 0.576. The van der Waals surface area contributed by atoms with Crippen molar-refractivity contribution in [2.45, 2.75) is 39.9 Å². The van der Waals surface area contributed by atoms with Crippen molar-refractivity contribution in [3.63, 3.8) is 0 Å². The number of pyridine rings is 1. The van der Waals surface area contributed by atoms with Crippen molar-refractivity contribution in [2.24, 2.45) is 0 Å². The molecule has 0 aliphatic rings. The summed E-state index contributed by atoms with van der Waals surface area (Å²) in [7, 11) is 0. The van der Waals surface area contributed by atoms with Crippen LogP contribution < -0.4 is 5.32 Å². The Hall–Kier alpha value is -1.20. The number of hydrogen-bond donors (Lipinski definition) is 1. The molecule has 0 spiro atoms. The van der Waals surface area contributed by atoms with Crippen LogP contribution in [0.15, 0.2) is 29.0 Å². The molecule has 2 rings (SSSR count). The molecule has 0 saturated carbocycles. The quantitative estimate of drug-likeness (QED) is 0.889. The van der Waals surface area contributed by atoms with Crippen LogP contribution in [0.4, 0.5) is 0 Å². The lowest BCUT2D eigenvalue weighted by atomic mass is 10.2. The molecule has 0 aliphatic carbocycles. The smallest absolute Gasteiger partial charge is 0.0767 e. The Morgan fingerprint density at radius 1 is 1.32 bits per heavy atom. The third kappa shape index (κ3) is 3.42. The first-order valence-corrected chi connectivity index (χ1v) is 7.39. The van der Waals surface area contributed by atoms with Gasteiger partial charge in [-0.3, -0.25) is 9.67 Å². The van der Waals surface area contributed by atoms with Crippen molar-refractivity contribution in [2.75, 3.05) is 0 Å². The molecule has 0 unspecified atom stereocenters. The van der Waals surface area contributed by atoms with Gasteiger partial charge in [0.25, 0.3) is 0 Å². The predicted octanol–water partition coefficient (Wildman–Crippen LogP) is 2.91. The third-order valence-electron chi connectivity index (χ3n) is 3.04. The van der Waals surface area contributed by atoms with Crippen LogP contribution in [0.25, 0.3) is 0 Å². The summed E-state index contributed by atoms with van der Waals surface area (Å²) >= 11 is 3.65. The summed E-state index contributed by atoms with van der Waals surface area (Å²) in [6, 6.07) is 4.03. The number of nitrogens with one attached hydrogen (secondary N) is 1. The maximum Gasteiger partial charge on any atom is 0.0767 e. The fraction of sp³-hybridized carbons (Fsp3) is 0.429. The maximum absolute atomic E-state index is 4.59. The van der Waals surface area contributed by atoms with Crippen LogP contribution in [-0.2, 0) is 26.1 Å². The molecule has 102 valence electrons. The summed E-state index contributed by atoms with van der Waals surface area (Å²) < 4.78 is 3.19. The number of rotatable bonds is 6. The van der Waals surface area contributed by atoms with Gasteiger partial charge in [0.1, 0.15) is 0 Å². The van der Waals surface area contributed by atoms with Gasteiger partial charge < -0.3 is 5.32 Å². The van der Waals surface area contributed by atoms with Crippen LogP contribution in [0.3, 0.4) is 0 Å². The molecule has 0 radical (unpaired) electrons. The number of aromatic nitrogens is 3. The number of nitrogens with zero attached hydrogens (tertiary/aromatic N) is 3. The van der Waals surface area contributed by atoms with Gasteiger partial charge in [0.05, 0.1) is 15.9 Å². The van der Waals surface area contributed by atoms with Gasteiger partial charge in [-0.05, 0) is 40.9 Å². The zero-order chi connectivity index (χ0) is 13.7. The van der Waals surface area contributed by atoms with Crippen molar-refractivity contribution < 1.29 is 0 Å². The second kappa shape index (κ2) is 6.82. The third-order valence-corrected chi connectivity index (χ3v) is 3.95. The van der Waals surface area contributed by atoms with Gasteiger partial charge in [0, 0.05) is 32.0 Å². The Morgan fingerprint density at radius 3 is 2.79 bits per heavy atom. The summed E-state index contributed by atoms with van der Waals surface area (Å²) in [5.41, 5.74) is 3.53. The van der Waals surface area contributed by atoms with Gasteiger partial charge in [-0.15, -0.1) is 0 Å². The largest absolute Gasteiger partial charge is 0.307 e. The van der Waals surface area contributed by atoms with Crippen molar-refractivity contribution in [3.8, 4) is 0 Å². The molecule has 4 nitrogen and oxygen atoms in total. The molecular formula is C14H19BrN4. The normalized spacial score (nSPS) is 10.9. The lowest BCUT2D eigenvalue weighted by Crippen LogP contribution is -2.16. The molecule has 2 heterocycles. The Labute approximate surface area is 122 Å². The fourth-order valence-corrected chi connectivity index (χ4v) is 2.72. The molecule has 0 bridgehead atoms. The molecule has 2 aromatic heterocycles. The van der Waals surface area contributed by atoms with Crippen molar-refractivity contribution in [3.05, 3.63) is 46.0 Å². The van der Waals surface area contributed by atoms with E-state index in [9.17, 15) is 0 Å².